The Hall–Kier alpha value is -1.67. The van der Waals surface area contributed by atoms with E-state index in [0.717, 1.165) is 0 Å². The van der Waals surface area contributed by atoms with Crippen LogP contribution in [-0.2, 0) is 11.4 Å². The summed E-state index contributed by atoms with van der Waals surface area (Å²) in [7, 11) is 0. The highest BCUT2D eigenvalue weighted by Gasteiger charge is 2.33. The smallest absolute Gasteiger partial charge is 0.226 e. The monoisotopic (exact) mass is 343 g/mol. The minimum atomic E-state index is -0.804. The Morgan fingerprint density at radius 3 is 2.70 bits per heavy atom. The zero-order chi connectivity index (χ0) is 14.9. The maximum absolute atomic E-state index is 13.7. The lowest BCUT2D eigenvalue weighted by Gasteiger charge is -2.36. The first kappa shape index (κ1) is 14.7. The third kappa shape index (κ3) is 3.07. The number of halogens is 2. The molecule has 1 heterocycles. The van der Waals surface area contributed by atoms with Crippen LogP contribution >= 0.6 is 15.9 Å². The maximum Gasteiger partial charge on any atom is 0.226 e. The van der Waals surface area contributed by atoms with E-state index in [4.69, 9.17) is 16.3 Å². The number of hydrogen-bond acceptors (Lipinski definition) is 6. The van der Waals surface area contributed by atoms with E-state index < -0.39 is 5.66 Å². The number of nitrogens with zero attached hydrogens (tertiary/aromatic N) is 3. The van der Waals surface area contributed by atoms with Gasteiger partial charge in [-0.1, -0.05) is 22.0 Å². The Balaban J connectivity index is 2.13. The lowest BCUT2D eigenvalue weighted by atomic mass is 10.2. The van der Waals surface area contributed by atoms with Crippen molar-refractivity contribution in [3.8, 4) is 0 Å². The second-order valence-electron chi connectivity index (χ2n) is 4.74. The Morgan fingerprint density at radius 2 is 2.10 bits per heavy atom. The number of rotatable bonds is 3. The molecule has 0 saturated carbocycles. The molecule has 0 saturated heterocycles. The molecule has 0 amide bonds. The summed E-state index contributed by atoms with van der Waals surface area (Å²) in [6, 6.07) is 4.73. The van der Waals surface area contributed by atoms with Gasteiger partial charge in [-0.25, -0.2) is 9.38 Å². The maximum atomic E-state index is 13.7. The number of hydroxylamine groups is 2. The van der Waals surface area contributed by atoms with Crippen molar-refractivity contribution in [3.63, 3.8) is 0 Å². The average Bonchev–Trinajstić information content (AvgIpc) is 2.29. The highest BCUT2D eigenvalue weighted by molar-refractivity contribution is 9.10. The van der Waals surface area contributed by atoms with Gasteiger partial charge in [-0.3, -0.25) is 4.84 Å². The predicted octanol–water partition coefficient (Wildman–Crippen LogP) is 1.70. The fourth-order valence-electron chi connectivity index (χ4n) is 1.79. The van der Waals surface area contributed by atoms with Gasteiger partial charge in [0, 0.05) is 10.0 Å². The standard InChI is InChI=1S/C12H15BrFN5O/c1-12(2)18-10(15)17-11(16)19(12)20-6-7-3-4-8(13)5-9(7)14/h3-5H,6H2,1-2H3,(H4,15,16,17,18). The van der Waals surface area contributed by atoms with Crippen LogP contribution in [0.25, 0.3) is 0 Å². The molecule has 108 valence electrons. The molecule has 8 heteroatoms. The Kier molecular flexibility index (Phi) is 3.96. The van der Waals surface area contributed by atoms with E-state index in [2.05, 4.69) is 25.9 Å². The zero-order valence-electron chi connectivity index (χ0n) is 11.1. The molecule has 0 spiro atoms. The molecule has 0 aliphatic carbocycles. The molecule has 2 rings (SSSR count). The fraction of sp³-hybridized carbons (Fsp3) is 0.333. The van der Waals surface area contributed by atoms with E-state index in [1.54, 1.807) is 26.0 Å². The summed E-state index contributed by atoms with van der Waals surface area (Å²) in [4.78, 5) is 13.5. The van der Waals surface area contributed by atoms with Gasteiger partial charge in [-0.2, -0.15) is 10.1 Å². The van der Waals surface area contributed by atoms with Crippen LogP contribution in [0.5, 0.6) is 0 Å². The van der Waals surface area contributed by atoms with Crippen molar-refractivity contribution in [2.75, 3.05) is 0 Å². The van der Waals surface area contributed by atoms with E-state index in [1.165, 1.54) is 11.1 Å². The number of hydrogen-bond donors (Lipinski definition) is 2. The van der Waals surface area contributed by atoms with E-state index in [1.807, 2.05) is 0 Å². The quantitative estimate of drug-likeness (QED) is 0.873. The molecule has 0 radical (unpaired) electrons. The van der Waals surface area contributed by atoms with Gasteiger partial charge in [0.25, 0.3) is 0 Å². The Morgan fingerprint density at radius 1 is 1.40 bits per heavy atom. The van der Waals surface area contributed by atoms with Crippen molar-refractivity contribution >= 4 is 27.8 Å². The van der Waals surface area contributed by atoms with E-state index in [-0.39, 0.29) is 24.3 Å². The number of guanidine groups is 2. The van der Waals surface area contributed by atoms with Crippen LogP contribution in [0.2, 0.25) is 0 Å². The number of benzene rings is 1. The molecule has 1 aromatic rings. The third-order valence-electron chi connectivity index (χ3n) is 2.69. The minimum absolute atomic E-state index is 0.00812. The average molecular weight is 344 g/mol. The van der Waals surface area contributed by atoms with Gasteiger partial charge in [-0.05, 0) is 26.0 Å². The van der Waals surface area contributed by atoms with Crippen LogP contribution in [-0.4, -0.2) is 22.6 Å². The molecule has 0 atom stereocenters. The highest BCUT2D eigenvalue weighted by Crippen LogP contribution is 2.22. The molecular weight excluding hydrogens is 329 g/mol. The number of aliphatic imine (C=N–C) groups is 2. The second-order valence-corrected chi connectivity index (χ2v) is 5.65. The summed E-state index contributed by atoms with van der Waals surface area (Å²) in [5.74, 6) is -0.199. The van der Waals surface area contributed by atoms with Crippen LogP contribution < -0.4 is 11.5 Å². The van der Waals surface area contributed by atoms with Crippen LogP contribution in [0, 0.1) is 5.82 Å². The van der Waals surface area contributed by atoms with Crippen molar-refractivity contribution in [2.45, 2.75) is 26.1 Å². The van der Waals surface area contributed by atoms with E-state index >= 15 is 0 Å². The Bertz CT molecular complexity index is 587. The first-order chi connectivity index (χ1) is 9.29. The van der Waals surface area contributed by atoms with Crippen LogP contribution in [0.15, 0.2) is 32.7 Å². The largest absolute Gasteiger partial charge is 0.368 e. The Labute approximate surface area is 124 Å². The summed E-state index contributed by atoms with van der Waals surface area (Å²) in [5.41, 5.74) is 10.9. The molecule has 0 bridgehead atoms. The molecule has 0 aromatic heterocycles. The summed E-state index contributed by atoms with van der Waals surface area (Å²) in [6.07, 6.45) is 0. The summed E-state index contributed by atoms with van der Waals surface area (Å²) < 4.78 is 14.4. The molecule has 20 heavy (non-hydrogen) atoms. The normalized spacial score (nSPS) is 17.7. The molecule has 6 nitrogen and oxygen atoms in total. The summed E-state index contributed by atoms with van der Waals surface area (Å²) in [5, 5.41) is 1.31. The van der Waals surface area contributed by atoms with Crippen LogP contribution in [0.1, 0.15) is 19.4 Å². The van der Waals surface area contributed by atoms with Crippen molar-refractivity contribution in [3.05, 3.63) is 34.1 Å². The minimum Gasteiger partial charge on any atom is -0.368 e. The summed E-state index contributed by atoms with van der Waals surface area (Å²) in [6.45, 7) is 3.53. The fourth-order valence-corrected chi connectivity index (χ4v) is 2.12. The van der Waals surface area contributed by atoms with Crippen molar-refractivity contribution in [2.24, 2.45) is 21.5 Å². The van der Waals surface area contributed by atoms with Gasteiger partial charge in [0.15, 0.2) is 5.66 Å². The van der Waals surface area contributed by atoms with Gasteiger partial charge in [0.2, 0.25) is 11.9 Å². The molecule has 0 unspecified atom stereocenters. The molecule has 1 aliphatic rings. The van der Waals surface area contributed by atoms with Crippen molar-refractivity contribution in [1.29, 1.82) is 0 Å². The van der Waals surface area contributed by atoms with Gasteiger partial charge < -0.3 is 11.5 Å². The van der Waals surface area contributed by atoms with Gasteiger partial charge in [-0.15, -0.1) is 0 Å². The van der Waals surface area contributed by atoms with Crippen LogP contribution in [0.3, 0.4) is 0 Å². The molecule has 1 aliphatic heterocycles. The molecule has 4 N–H and O–H groups in total. The first-order valence-electron chi connectivity index (χ1n) is 5.86. The zero-order valence-corrected chi connectivity index (χ0v) is 12.7. The second kappa shape index (κ2) is 5.37. The first-order valence-corrected chi connectivity index (χ1v) is 6.65. The molecule has 0 fully saturated rings. The van der Waals surface area contributed by atoms with Gasteiger partial charge in [0.05, 0.1) is 0 Å². The van der Waals surface area contributed by atoms with Crippen molar-refractivity contribution in [1.82, 2.24) is 5.06 Å². The SMILES string of the molecule is CC1(C)N=C(N)N=C(N)N1OCc1ccc(Br)cc1F. The van der Waals surface area contributed by atoms with Crippen molar-refractivity contribution < 1.29 is 9.23 Å². The van der Waals surface area contributed by atoms with Gasteiger partial charge >= 0.3 is 0 Å². The van der Waals surface area contributed by atoms with Gasteiger partial charge in [0.1, 0.15) is 12.4 Å². The molecular formula is C12H15BrFN5O. The molecule has 1 aromatic carbocycles. The number of nitrogens with two attached hydrogens (primary N) is 2. The third-order valence-corrected chi connectivity index (χ3v) is 3.18. The lowest BCUT2D eigenvalue weighted by molar-refractivity contribution is -0.167. The topological polar surface area (TPSA) is 89.2 Å². The van der Waals surface area contributed by atoms with E-state index in [0.29, 0.717) is 10.0 Å². The predicted molar refractivity (Wildman–Crippen MR) is 78.1 cm³/mol. The highest BCUT2D eigenvalue weighted by atomic mass is 79.9. The lowest BCUT2D eigenvalue weighted by Crippen LogP contribution is -2.53. The van der Waals surface area contributed by atoms with Crippen LogP contribution in [0.4, 0.5) is 4.39 Å². The summed E-state index contributed by atoms with van der Waals surface area (Å²) >= 11 is 3.20. The van der Waals surface area contributed by atoms with E-state index in [9.17, 15) is 4.39 Å².